The van der Waals surface area contributed by atoms with Crippen LogP contribution in [0.5, 0.6) is 0 Å². The van der Waals surface area contributed by atoms with Crippen LogP contribution in [-0.4, -0.2) is 26.6 Å². The van der Waals surface area contributed by atoms with Crippen molar-refractivity contribution in [1.29, 1.82) is 0 Å². The zero-order valence-electron chi connectivity index (χ0n) is 16.3. The van der Waals surface area contributed by atoms with Crippen molar-refractivity contribution < 1.29 is 13.2 Å². The fourth-order valence-electron chi connectivity index (χ4n) is 3.10. The summed E-state index contributed by atoms with van der Waals surface area (Å²) < 4.78 is 26.2. The number of amides is 1. The molecular formula is C20H24Cl2N2O3S. The van der Waals surface area contributed by atoms with E-state index in [0.717, 1.165) is 28.1 Å². The van der Waals surface area contributed by atoms with Gasteiger partial charge in [-0.1, -0.05) is 55.2 Å². The Kier molecular flexibility index (Phi) is 7.37. The highest BCUT2D eigenvalue weighted by molar-refractivity contribution is 7.92. The molecule has 0 heterocycles. The van der Waals surface area contributed by atoms with Gasteiger partial charge in [0.25, 0.3) is 0 Å². The van der Waals surface area contributed by atoms with Crippen LogP contribution >= 0.6 is 23.2 Å². The number of halogens is 2. The van der Waals surface area contributed by atoms with Gasteiger partial charge in [-0.3, -0.25) is 9.10 Å². The van der Waals surface area contributed by atoms with Crippen molar-refractivity contribution in [2.24, 2.45) is 0 Å². The molecule has 152 valence electrons. The standard InChI is InChI=1S/C20H24Cl2N2O3S/c1-5-14-9-7-8-13(3)19(14)23-20(25)17(6-2)24(28(4,26)27)18-12-15(21)10-11-16(18)22/h7-12,17H,5-6H2,1-4H3,(H,23,25)/t17-/m0/s1. The van der Waals surface area contributed by atoms with Crippen LogP contribution in [0.3, 0.4) is 0 Å². The van der Waals surface area contributed by atoms with Crippen LogP contribution in [0.2, 0.25) is 10.0 Å². The van der Waals surface area contributed by atoms with Crippen LogP contribution in [0.1, 0.15) is 31.4 Å². The molecule has 8 heteroatoms. The average molecular weight is 443 g/mol. The highest BCUT2D eigenvalue weighted by Gasteiger charge is 2.33. The Labute approximate surface area is 176 Å². The molecule has 0 unspecified atom stereocenters. The predicted octanol–water partition coefficient (Wildman–Crippen LogP) is 5.05. The number of benzene rings is 2. The lowest BCUT2D eigenvalue weighted by molar-refractivity contribution is -0.117. The highest BCUT2D eigenvalue weighted by Crippen LogP contribution is 2.33. The maximum Gasteiger partial charge on any atom is 0.248 e. The molecule has 0 saturated heterocycles. The third kappa shape index (κ3) is 4.99. The van der Waals surface area contributed by atoms with E-state index in [1.807, 2.05) is 32.0 Å². The summed E-state index contributed by atoms with van der Waals surface area (Å²) in [5, 5.41) is 3.45. The lowest BCUT2D eigenvalue weighted by atomic mass is 10.0. The van der Waals surface area contributed by atoms with E-state index in [1.54, 1.807) is 13.0 Å². The quantitative estimate of drug-likeness (QED) is 0.652. The van der Waals surface area contributed by atoms with Crippen LogP contribution < -0.4 is 9.62 Å². The maximum atomic E-state index is 13.1. The van der Waals surface area contributed by atoms with E-state index >= 15 is 0 Å². The zero-order valence-corrected chi connectivity index (χ0v) is 18.6. The summed E-state index contributed by atoms with van der Waals surface area (Å²) in [6.07, 6.45) is 2.05. The predicted molar refractivity (Wildman–Crippen MR) is 117 cm³/mol. The van der Waals surface area contributed by atoms with Gasteiger partial charge in [0.05, 0.1) is 17.0 Å². The molecule has 28 heavy (non-hydrogen) atoms. The largest absolute Gasteiger partial charge is 0.324 e. The van der Waals surface area contributed by atoms with E-state index in [0.29, 0.717) is 10.7 Å². The van der Waals surface area contributed by atoms with Gasteiger partial charge in [-0.15, -0.1) is 0 Å². The first-order valence-electron chi connectivity index (χ1n) is 8.93. The van der Waals surface area contributed by atoms with Crippen molar-refractivity contribution in [2.45, 2.75) is 39.7 Å². The van der Waals surface area contributed by atoms with E-state index in [2.05, 4.69) is 5.32 Å². The van der Waals surface area contributed by atoms with Crippen molar-refractivity contribution in [2.75, 3.05) is 15.9 Å². The van der Waals surface area contributed by atoms with Gasteiger partial charge in [0.15, 0.2) is 0 Å². The Hall–Kier alpha value is -1.76. The smallest absolute Gasteiger partial charge is 0.248 e. The average Bonchev–Trinajstić information content (AvgIpc) is 2.62. The molecule has 5 nitrogen and oxygen atoms in total. The number of anilines is 2. The minimum Gasteiger partial charge on any atom is -0.324 e. The third-order valence-corrected chi connectivity index (χ3v) is 6.18. The fraction of sp³-hybridized carbons (Fsp3) is 0.350. The number of nitrogens with one attached hydrogen (secondary N) is 1. The van der Waals surface area contributed by atoms with E-state index in [9.17, 15) is 13.2 Å². The number of carbonyl (C=O) groups excluding carboxylic acids is 1. The molecule has 0 fully saturated rings. The molecule has 0 bridgehead atoms. The molecule has 0 aliphatic rings. The molecule has 1 N–H and O–H groups in total. The van der Waals surface area contributed by atoms with Gasteiger partial charge in [-0.05, 0) is 49.1 Å². The van der Waals surface area contributed by atoms with Crippen LogP contribution in [-0.2, 0) is 21.2 Å². The van der Waals surface area contributed by atoms with Crippen LogP contribution in [0, 0.1) is 6.92 Å². The number of sulfonamides is 1. The number of rotatable bonds is 7. The van der Waals surface area contributed by atoms with Gasteiger partial charge < -0.3 is 5.32 Å². The molecule has 2 aromatic carbocycles. The summed E-state index contributed by atoms with van der Waals surface area (Å²) in [6.45, 7) is 5.65. The summed E-state index contributed by atoms with van der Waals surface area (Å²) in [6, 6.07) is 9.31. The summed E-state index contributed by atoms with van der Waals surface area (Å²) in [7, 11) is -3.80. The van der Waals surface area contributed by atoms with Crippen LogP contribution in [0.25, 0.3) is 0 Å². The van der Waals surface area contributed by atoms with Gasteiger partial charge in [-0.2, -0.15) is 0 Å². The summed E-state index contributed by atoms with van der Waals surface area (Å²) in [4.78, 5) is 13.1. The third-order valence-electron chi connectivity index (χ3n) is 4.46. The van der Waals surface area contributed by atoms with Crippen molar-refractivity contribution >= 4 is 50.5 Å². The monoisotopic (exact) mass is 442 g/mol. The van der Waals surface area contributed by atoms with Gasteiger partial charge in [0.2, 0.25) is 15.9 Å². The molecule has 1 atom stereocenters. The molecule has 0 aliphatic carbocycles. The molecule has 0 saturated carbocycles. The molecule has 2 aromatic rings. The first kappa shape index (κ1) is 22.5. The summed E-state index contributed by atoms with van der Waals surface area (Å²) >= 11 is 12.3. The van der Waals surface area contributed by atoms with Gasteiger partial charge in [0.1, 0.15) is 6.04 Å². The van der Waals surface area contributed by atoms with E-state index in [-0.39, 0.29) is 17.1 Å². The Balaban J connectivity index is 2.50. The molecular weight excluding hydrogens is 419 g/mol. The fourth-order valence-corrected chi connectivity index (χ4v) is 4.74. The van der Waals surface area contributed by atoms with Gasteiger partial charge in [0, 0.05) is 10.7 Å². The minimum atomic E-state index is -3.80. The highest BCUT2D eigenvalue weighted by atomic mass is 35.5. The Morgan fingerprint density at radius 2 is 1.86 bits per heavy atom. The molecule has 0 aromatic heterocycles. The van der Waals surface area contributed by atoms with Gasteiger partial charge in [-0.25, -0.2) is 8.42 Å². The second-order valence-electron chi connectivity index (χ2n) is 6.53. The number of nitrogens with zero attached hydrogens (tertiary/aromatic N) is 1. The topological polar surface area (TPSA) is 66.5 Å². The second kappa shape index (κ2) is 9.16. The van der Waals surface area contributed by atoms with Crippen molar-refractivity contribution in [3.63, 3.8) is 0 Å². The molecule has 0 radical (unpaired) electrons. The van der Waals surface area contributed by atoms with Crippen molar-refractivity contribution in [3.05, 3.63) is 57.6 Å². The summed E-state index contributed by atoms with van der Waals surface area (Å²) in [5.74, 6) is -0.423. The van der Waals surface area contributed by atoms with Crippen molar-refractivity contribution in [3.8, 4) is 0 Å². The van der Waals surface area contributed by atoms with E-state index < -0.39 is 22.0 Å². The Morgan fingerprint density at radius 3 is 2.43 bits per heavy atom. The first-order valence-corrected chi connectivity index (χ1v) is 11.5. The van der Waals surface area contributed by atoms with Crippen molar-refractivity contribution in [1.82, 2.24) is 0 Å². The van der Waals surface area contributed by atoms with Crippen LogP contribution in [0.4, 0.5) is 11.4 Å². The Morgan fingerprint density at radius 1 is 1.18 bits per heavy atom. The number of hydrogen-bond acceptors (Lipinski definition) is 3. The lowest BCUT2D eigenvalue weighted by Crippen LogP contribution is -2.47. The lowest BCUT2D eigenvalue weighted by Gasteiger charge is -2.31. The Bertz CT molecular complexity index is 977. The number of carbonyl (C=O) groups is 1. The normalized spacial score (nSPS) is 12.5. The first-order chi connectivity index (χ1) is 13.1. The number of hydrogen-bond donors (Lipinski definition) is 1. The molecule has 1 amide bonds. The van der Waals surface area contributed by atoms with Crippen LogP contribution in [0.15, 0.2) is 36.4 Å². The molecule has 2 rings (SSSR count). The number of para-hydroxylation sites is 1. The molecule has 0 aliphatic heterocycles. The van der Waals surface area contributed by atoms with E-state index in [1.165, 1.54) is 12.1 Å². The minimum absolute atomic E-state index is 0.180. The van der Waals surface area contributed by atoms with E-state index in [4.69, 9.17) is 23.2 Å². The number of aryl methyl sites for hydroxylation is 2. The maximum absolute atomic E-state index is 13.1. The second-order valence-corrected chi connectivity index (χ2v) is 9.23. The summed E-state index contributed by atoms with van der Waals surface area (Å²) in [5.41, 5.74) is 2.78. The zero-order chi connectivity index (χ0) is 21.1. The SMILES string of the molecule is CCc1cccc(C)c1NC(=O)[C@H](CC)N(c1cc(Cl)ccc1Cl)S(C)(=O)=O. The van der Waals surface area contributed by atoms with Gasteiger partial charge >= 0.3 is 0 Å². The molecule has 0 spiro atoms.